The van der Waals surface area contributed by atoms with Crippen LogP contribution in [0.25, 0.3) is 11.1 Å². The van der Waals surface area contributed by atoms with Gasteiger partial charge in [-0.15, -0.1) is 0 Å². The molecule has 0 radical (unpaired) electrons. The van der Waals surface area contributed by atoms with E-state index in [-0.39, 0.29) is 0 Å². The van der Waals surface area contributed by atoms with Gasteiger partial charge in [0.25, 0.3) is 0 Å². The molecule has 0 aromatic heterocycles. The van der Waals surface area contributed by atoms with Crippen molar-refractivity contribution >= 4 is 28.9 Å². The van der Waals surface area contributed by atoms with Crippen LogP contribution in [0.1, 0.15) is 43.2 Å². The SMILES string of the molecule is CCCN1CCC2C(C1)c1cc(-c3cccc(Cl)c3Cl)cc3c1N2CCC3. The molecule has 0 saturated carbocycles. The molecule has 0 spiro atoms. The molecule has 0 aliphatic carbocycles. The number of benzene rings is 2. The van der Waals surface area contributed by atoms with Gasteiger partial charge in [-0.2, -0.15) is 0 Å². The first-order valence-corrected chi connectivity index (χ1v) is 11.0. The molecule has 2 aromatic carbocycles. The van der Waals surface area contributed by atoms with Gasteiger partial charge in [-0.05, 0) is 67.1 Å². The molecule has 4 heteroatoms. The summed E-state index contributed by atoms with van der Waals surface area (Å²) < 4.78 is 0. The molecule has 3 aliphatic rings. The van der Waals surface area contributed by atoms with E-state index in [0.29, 0.717) is 22.0 Å². The third kappa shape index (κ3) is 2.88. The van der Waals surface area contributed by atoms with E-state index >= 15 is 0 Å². The number of nitrogens with zero attached hydrogens (tertiary/aromatic N) is 2. The minimum atomic E-state index is 0.620. The van der Waals surface area contributed by atoms with Gasteiger partial charge < -0.3 is 9.80 Å². The molecular formula is C23H26Cl2N2. The number of hydrogen-bond acceptors (Lipinski definition) is 2. The molecule has 27 heavy (non-hydrogen) atoms. The summed E-state index contributed by atoms with van der Waals surface area (Å²) in [5, 5.41) is 1.30. The van der Waals surface area contributed by atoms with E-state index in [1.807, 2.05) is 12.1 Å². The van der Waals surface area contributed by atoms with Crippen LogP contribution in [0, 0.1) is 0 Å². The summed E-state index contributed by atoms with van der Waals surface area (Å²) in [4.78, 5) is 5.39. The van der Waals surface area contributed by atoms with Gasteiger partial charge in [0.1, 0.15) is 0 Å². The molecule has 2 atom stereocenters. The summed E-state index contributed by atoms with van der Waals surface area (Å²) in [7, 11) is 0. The highest BCUT2D eigenvalue weighted by atomic mass is 35.5. The molecule has 142 valence electrons. The second-order valence-corrected chi connectivity index (χ2v) is 9.02. The van der Waals surface area contributed by atoms with Crippen LogP contribution in [0.3, 0.4) is 0 Å². The molecule has 3 aliphatic heterocycles. The van der Waals surface area contributed by atoms with Crippen LogP contribution >= 0.6 is 23.2 Å². The third-order valence-electron chi connectivity index (χ3n) is 6.61. The zero-order valence-corrected chi connectivity index (χ0v) is 17.4. The fraction of sp³-hybridized carbons (Fsp3) is 0.478. The minimum absolute atomic E-state index is 0.620. The Kier molecular flexibility index (Phi) is 4.62. The van der Waals surface area contributed by atoms with Gasteiger partial charge in [-0.3, -0.25) is 0 Å². The van der Waals surface area contributed by atoms with Crippen molar-refractivity contribution < 1.29 is 0 Å². The summed E-state index contributed by atoms with van der Waals surface area (Å²) in [6.45, 7) is 7.14. The lowest BCUT2D eigenvalue weighted by Gasteiger charge is -2.40. The van der Waals surface area contributed by atoms with Gasteiger partial charge in [0.15, 0.2) is 0 Å². The van der Waals surface area contributed by atoms with Crippen LogP contribution < -0.4 is 4.90 Å². The van der Waals surface area contributed by atoms with Crippen LogP contribution in [0.5, 0.6) is 0 Å². The Morgan fingerprint density at radius 2 is 2.04 bits per heavy atom. The summed E-state index contributed by atoms with van der Waals surface area (Å²) in [6, 6.07) is 11.4. The highest BCUT2D eigenvalue weighted by molar-refractivity contribution is 6.43. The molecule has 1 saturated heterocycles. The topological polar surface area (TPSA) is 6.48 Å². The number of likely N-dealkylation sites (tertiary alicyclic amines) is 1. The Hall–Kier alpha value is -1.22. The van der Waals surface area contributed by atoms with Crippen LogP contribution in [-0.2, 0) is 6.42 Å². The smallest absolute Gasteiger partial charge is 0.0670 e. The quantitative estimate of drug-likeness (QED) is 0.623. The second kappa shape index (κ2) is 6.99. The van der Waals surface area contributed by atoms with Crippen LogP contribution in [0.4, 0.5) is 5.69 Å². The standard InChI is InChI=1S/C23H26Cl2N2/c1-2-9-26-11-8-21-19(14-26)18-13-16(17-6-3-7-20(24)22(17)25)12-15-5-4-10-27(21)23(15)18/h3,6-7,12-13,19,21H,2,4-5,8-11,14H2,1H3. The lowest BCUT2D eigenvalue weighted by Crippen LogP contribution is -2.47. The molecule has 0 bridgehead atoms. The summed E-state index contributed by atoms with van der Waals surface area (Å²) in [6.07, 6.45) is 4.94. The number of hydrogen-bond donors (Lipinski definition) is 0. The molecule has 3 heterocycles. The first-order chi connectivity index (χ1) is 13.2. The van der Waals surface area contributed by atoms with Gasteiger partial charge in [0.2, 0.25) is 0 Å². The average molecular weight is 401 g/mol. The fourth-order valence-electron chi connectivity index (χ4n) is 5.51. The van der Waals surface area contributed by atoms with Crippen molar-refractivity contribution in [3.05, 3.63) is 51.5 Å². The van der Waals surface area contributed by atoms with E-state index in [0.717, 1.165) is 5.56 Å². The Labute approximate surface area is 172 Å². The van der Waals surface area contributed by atoms with E-state index < -0.39 is 0 Å². The highest BCUT2D eigenvalue weighted by Gasteiger charge is 2.43. The van der Waals surface area contributed by atoms with Crippen molar-refractivity contribution in [1.82, 2.24) is 4.90 Å². The maximum Gasteiger partial charge on any atom is 0.0670 e. The zero-order chi connectivity index (χ0) is 18.5. The van der Waals surface area contributed by atoms with Crippen molar-refractivity contribution in [2.24, 2.45) is 0 Å². The van der Waals surface area contributed by atoms with Crippen molar-refractivity contribution in [3.8, 4) is 11.1 Å². The number of piperidine rings is 1. The first kappa shape index (κ1) is 17.8. The zero-order valence-electron chi connectivity index (χ0n) is 15.8. The Morgan fingerprint density at radius 1 is 1.15 bits per heavy atom. The Bertz CT molecular complexity index is 879. The molecule has 2 unspecified atom stereocenters. The lowest BCUT2D eigenvalue weighted by atomic mass is 9.86. The predicted molar refractivity (Wildman–Crippen MR) is 115 cm³/mol. The van der Waals surface area contributed by atoms with Gasteiger partial charge in [-0.1, -0.05) is 42.3 Å². The number of fused-ring (bicyclic) bond motifs is 3. The van der Waals surface area contributed by atoms with Crippen molar-refractivity contribution in [2.45, 2.75) is 44.6 Å². The maximum absolute atomic E-state index is 6.57. The van der Waals surface area contributed by atoms with Gasteiger partial charge in [-0.25, -0.2) is 0 Å². The molecule has 0 N–H and O–H groups in total. The van der Waals surface area contributed by atoms with Crippen molar-refractivity contribution in [1.29, 1.82) is 0 Å². The summed E-state index contributed by atoms with van der Waals surface area (Å²) in [5.41, 5.74) is 6.87. The lowest BCUT2D eigenvalue weighted by molar-refractivity contribution is 0.193. The van der Waals surface area contributed by atoms with Crippen molar-refractivity contribution in [2.75, 3.05) is 31.1 Å². The summed E-state index contributed by atoms with van der Waals surface area (Å²) in [5.74, 6) is 0.620. The maximum atomic E-state index is 6.57. The number of anilines is 1. The molecule has 2 nitrogen and oxygen atoms in total. The largest absolute Gasteiger partial charge is 0.367 e. The second-order valence-electron chi connectivity index (χ2n) is 8.23. The first-order valence-electron chi connectivity index (χ1n) is 10.3. The van der Waals surface area contributed by atoms with E-state index in [1.54, 1.807) is 5.56 Å². The van der Waals surface area contributed by atoms with E-state index in [4.69, 9.17) is 23.2 Å². The Morgan fingerprint density at radius 3 is 2.89 bits per heavy atom. The van der Waals surface area contributed by atoms with Crippen LogP contribution in [-0.4, -0.2) is 37.1 Å². The molecule has 0 amide bonds. The van der Waals surface area contributed by atoms with Crippen LogP contribution in [0.15, 0.2) is 30.3 Å². The molecule has 5 rings (SSSR count). The average Bonchev–Trinajstić information content (AvgIpc) is 2.99. The van der Waals surface area contributed by atoms with E-state index in [2.05, 4.69) is 34.9 Å². The molecular weight excluding hydrogens is 375 g/mol. The van der Waals surface area contributed by atoms with Crippen LogP contribution in [0.2, 0.25) is 10.0 Å². The van der Waals surface area contributed by atoms with Gasteiger partial charge in [0.05, 0.1) is 10.0 Å². The molecule has 1 fully saturated rings. The third-order valence-corrected chi connectivity index (χ3v) is 7.43. The number of aryl methyl sites for hydroxylation is 1. The van der Waals surface area contributed by atoms with E-state index in [1.165, 1.54) is 68.7 Å². The fourth-order valence-corrected chi connectivity index (χ4v) is 5.92. The highest BCUT2D eigenvalue weighted by Crippen LogP contribution is 2.50. The van der Waals surface area contributed by atoms with Crippen molar-refractivity contribution in [3.63, 3.8) is 0 Å². The number of rotatable bonds is 3. The normalized spacial score (nSPS) is 24.0. The van der Waals surface area contributed by atoms with Gasteiger partial charge >= 0.3 is 0 Å². The monoisotopic (exact) mass is 400 g/mol. The number of halogens is 2. The van der Waals surface area contributed by atoms with Gasteiger partial charge in [0, 0.05) is 42.8 Å². The predicted octanol–water partition coefficient (Wildman–Crippen LogP) is 5.99. The Balaban J connectivity index is 1.62. The molecule has 2 aromatic rings. The minimum Gasteiger partial charge on any atom is -0.367 e. The summed E-state index contributed by atoms with van der Waals surface area (Å²) >= 11 is 12.9. The van der Waals surface area contributed by atoms with E-state index in [9.17, 15) is 0 Å².